The monoisotopic (exact) mass is 234 g/mol. The Hall–Kier alpha value is -1.36. The molecule has 1 aromatic rings. The van der Waals surface area contributed by atoms with Crippen molar-refractivity contribution < 1.29 is 4.79 Å². The third-order valence-electron chi connectivity index (χ3n) is 3.53. The molecule has 2 N–H and O–H groups in total. The van der Waals surface area contributed by atoms with E-state index in [-0.39, 0.29) is 11.8 Å². The summed E-state index contributed by atoms with van der Waals surface area (Å²) in [5.74, 6) is 1.55. The van der Waals surface area contributed by atoms with Gasteiger partial charge in [-0.2, -0.15) is 0 Å². The summed E-state index contributed by atoms with van der Waals surface area (Å²) in [5.41, 5.74) is 1.11. The maximum absolute atomic E-state index is 11.6. The van der Waals surface area contributed by atoms with Crippen molar-refractivity contribution in [1.82, 2.24) is 20.2 Å². The molecule has 92 valence electrons. The van der Waals surface area contributed by atoms with Crippen molar-refractivity contribution in [2.75, 3.05) is 6.54 Å². The highest BCUT2D eigenvalue weighted by Crippen LogP contribution is 2.28. The quantitative estimate of drug-likeness (QED) is 0.804. The minimum absolute atomic E-state index is 0.197. The van der Waals surface area contributed by atoms with Crippen molar-refractivity contribution in [3.63, 3.8) is 0 Å². The molecule has 1 aliphatic carbocycles. The number of carbonyl (C=O) groups is 1. The molecule has 0 bridgehead atoms. The summed E-state index contributed by atoms with van der Waals surface area (Å²) in [7, 11) is 0. The minimum atomic E-state index is 0.197. The van der Waals surface area contributed by atoms with E-state index in [2.05, 4.69) is 27.1 Å². The fourth-order valence-corrected chi connectivity index (χ4v) is 2.32. The largest absolute Gasteiger partial charge is 0.350 e. The van der Waals surface area contributed by atoms with Crippen LogP contribution in [0.2, 0.25) is 0 Å². The summed E-state index contributed by atoms with van der Waals surface area (Å²) in [6, 6.07) is 0.302. The summed E-state index contributed by atoms with van der Waals surface area (Å²) in [5, 5.41) is 6.37. The Balaban J connectivity index is 1.68. The highest BCUT2D eigenvalue weighted by molar-refractivity contribution is 5.80. The third kappa shape index (κ3) is 2.07. The zero-order chi connectivity index (χ0) is 11.8. The van der Waals surface area contributed by atoms with Gasteiger partial charge in [-0.3, -0.25) is 4.79 Å². The van der Waals surface area contributed by atoms with Crippen LogP contribution in [0, 0.1) is 5.92 Å². The zero-order valence-electron chi connectivity index (χ0n) is 10.1. The number of rotatable bonds is 3. The molecule has 1 atom stereocenters. The lowest BCUT2D eigenvalue weighted by Gasteiger charge is -2.23. The summed E-state index contributed by atoms with van der Waals surface area (Å²) < 4.78 is 2.22. The van der Waals surface area contributed by atoms with E-state index in [0.717, 1.165) is 37.4 Å². The number of hydrogen-bond acceptors (Lipinski definition) is 3. The van der Waals surface area contributed by atoms with Crippen molar-refractivity contribution in [3.8, 4) is 0 Å². The number of amides is 1. The van der Waals surface area contributed by atoms with E-state index in [9.17, 15) is 4.79 Å². The molecule has 0 saturated heterocycles. The first-order chi connectivity index (χ1) is 8.25. The Morgan fingerprint density at radius 1 is 1.65 bits per heavy atom. The number of nitrogens with one attached hydrogen (secondary N) is 2. The molecule has 17 heavy (non-hydrogen) atoms. The SMILES string of the molecule is CC1NCCn2c(CNC(=O)C3CC3)cnc21. The van der Waals surface area contributed by atoms with Gasteiger partial charge in [0.15, 0.2) is 0 Å². The van der Waals surface area contributed by atoms with Gasteiger partial charge in [0.25, 0.3) is 0 Å². The van der Waals surface area contributed by atoms with E-state index >= 15 is 0 Å². The second kappa shape index (κ2) is 4.14. The fourth-order valence-electron chi connectivity index (χ4n) is 2.32. The van der Waals surface area contributed by atoms with Crippen molar-refractivity contribution in [1.29, 1.82) is 0 Å². The Bertz CT molecular complexity index is 436. The summed E-state index contributed by atoms with van der Waals surface area (Å²) >= 11 is 0. The molecule has 1 aromatic heterocycles. The van der Waals surface area contributed by atoms with Crippen molar-refractivity contribution in [3.05, 3.63) is 17.7 Å². The van der Waals surface area contributed by atoms with Crippen LogP contribution in [-0.2, 0) is 17.9 Å². The molecule has 1 aliphatic heterocycles. The maximum atomic E-state index is 11.6. The van der Waals surface area contributed by atoms with Crippen molar-refractivity contribution >= 4 is 5.91 Å². The molecule has 0 aromatic carbocycles. The molecule has 5 nitrogen and oxygen atoms in total. The van der Waals surface area contributed by atoms with Crippen LogP contribution < -0.4 is 10.6 Å². The third-order valence-corrected chi connectivity index (χ3v) is 3.53. The van der Waals surface area contributed by atoms with Gasteiger partial charge in [0.1, 0.15) is 5.82 Å². The fraction of sp³-hybridized carbons (Fsp3) is 0.667. The number of carbonyl (C=O) groups excluding carboxylic acids is 1. The van der Waals surface area contributed by atoms with Crippen LogP contribution in [0.15, 0.2) is 6.20 Å². The summed E-state index contributed by atoms with van der Waals surface area (Å²) in [4.78, 5) is 16.0. The topological polar surface area (TPSA) is 59.0 Å². The summed E-state index contributed by atoms with van der Waals surface area (Å²) in [6.07, 6.45) is 3.99. The van der Waals surface area contributed by atoms with Gasteiger partial charge >= 0.3 is 0 Å². The number of nitrogens with zero attached hydrogens (tertiary/aromatic N) is 2. The first-order valence-electron chi connectivity index (χ1n) is 6.31. The highest BCUT2D eigenvalue weighted by Gasteiger charge is 2.29. The summed E-state index contributed by atoms with van der Waals surface area (Å²) in [6.45, 7) is 4.63. The van der Waals surface area contributed by atoms with Gasteiger partial charge in [0, 0.05) is 19.0 Å². The van der Waals surface area contributed by atoms with E-state index < -0.39 is 0 Å². The predicted octanol–water partition coefficient (Wildman–Crippen LogP) is 0.573. The van der Waals surface area contributed by atoms with Crippen LogP contribution in [0.4, 0.5) is 0 Å². The second-order valence-electron chi connectivity index (χ2n) is 4.93. The number of hydrogen-bond donors (Lipinski definition) is 2. The zero-order valence-corrected chi connectivity index (χ0v) is 10.1. The maximum Gasteiger partial charge on any atom is 0.223 e. The first-order valence-corrected chi connectivity index (χ1v) is 6.31. The molecular weight excluding hydrogens is 216 g/mol. The molecule has 0 spiro atoms. The van der Waals surface area contributed by atoms with Crippen LogP contribution in [0.5, 0.6) is 0 Å². The number of fused-ring (bicyclic) bond motifs is 1. The lowest BCUT2D eigenvalue weighted by atomic mass is 10.2. The average Bonchev–Trinajstić information content (AvgIpc) is 3.08. The first kappa shape index (κ1) is 10.8. The van der Waals surface area contributed by atoms with Gasteiger partial charge in [-0.1, -0.05) is 0 Å². The van der Waals surface area contributed by atoms with Gasteiger partial charge in [0.2, 0.25) is 5.91 Å². The van der Waals surface area contributed by atoms with Crippen LogP contribution in [0.1, 0.15) is 37.3 Å². The van der Waals surface area contributed by atoms with Crippen LogP contribution >= 0.6 is 0 Å². The average molecular weight is 234 g/mol. The molecule has 1 saturated carbocycles. The second-order valence-corrected chi connectivity index (χ2v) is 4.93. The van der Waals surface area contributed by atoms with Gasteiger partial charge < -0.3 is 15.2 Å². The van der Waals surface area contributed by atoms with Crippen LogP contribution in [0.25, 0.3) is 0 Å². The predicted molar refractivity (Wildman–Crippen MR) is 63.2 cm³/mol. The molecular formula is C12H18N4O. The molecule has 1 fully saturated rings. The highest BCUT2D eigenvalue weighted by atomic mass is 16.2. The Labute approximate surface area is 101 Å². The Morgan fingerprint density at radius 3 is 3.24 bits per heavy atom. The number of aromatic nitrogens is 2. The minimum Gasteiger partial charge on any atom is -0.350 e. The Morgan fingerprint density at radius 2 is 2.47 bits per heavy atom. The van der Waals surface area contributed by atoms with E-state index in [1.54, 1.807) is 0 Å². The molecule has 0 radical (unpaired) electrons. The smallest absolute Gasteiger partial charge is 0.223 e. The van der Waals surface area contributed by atoms with E-state index in [1.165, 1.54) is 0 Å². The van der Waals surface area contributed by atoms with Gasteiger partial charge in [-0.05, 0) is 19.8 Å². The van der Waals surface area contributed by atoms with Gasteiger partial charge in [-0.15, -0.1) is 0 Å². The lowest BCUT2D eigenvalue weighted by molar-refractivity contribution is -0.122. The molecule has 2 aliphatic rings. The standard InChI is InChI=1S/C12H18N4O/c1-8-11-14-6-10(16(11)5-4-13-8)7-15-12(17)9-2-3-9/h6,8-9,13H,2-5,7H2,1H3,(H,15,17). The van der Waals surface area contributed by atoms with E-state index in [0.29, 0.717) is 12.6 Å². The van der Waals surface area contributed by atoms with Crippen molar-refractivity contribution in [2.45, 2.75) is 38.9 Å². The molecule has 5 heteroatoms. The van der Waals surface area contributed by atoms with Crippen molar-refractivity contribution in [2.24, 2.45) is 5.92 Å². The molecule has 2 heterocycles. The van der Waals surface area contributed by atoms with E-state index in [1.807, 2.05) is 6.20 Å². The molecule has 1 unspecified atom stereocenters. The molecule has 3 rings (SSSR count). The van der Waals surface area contributed by atoms with Gasteiger partial charge in [-0.25, -0.2) is 4.98 Å². The van der Waals surface area contributed by atoms with Gasteiger partial charge in [0.05, 0.1) is 24.5 Å². The number of imidazole rings is 1. The van der Waals surface area contributed by atoms with E-state index in [4.69, 9.17) is 0 Å². The lowest BCUT2D eigenvalue weighted by Crippen LogP contribution is -2.33. The molecule has 1 amide bonds. The normalized spacial score (nSPS) is 23.2. The van der Waals surface area contributed by atoms with Crippen LogP contribution in [0.3, 0.4) is 0 Å². The van der Waals surface area contributed by atoms with Crippen LogP contribution in [-0.4, -0.2) is 22.0 Å². The Kier molecular flexibility index (Phi) is 2.63.